The van der Waals surface area contributed by atoms with Crippen molar-refractivity contribution < 1.29 is 8.42 Å². The molecule has 56 valence electrons. The van der Waals surface area contributed by atoms with Gasteiger partial charge in [0.15, 0.2) is 0 Å². The van der Waals surface area contributed by atoms with Crippen molar-refractivity contribution >= 4 is 10.0 Å². The Hall–Kier alpha value is -0.950. The molecule has 10 heavy (non-hydrogen) atoms. The molecule has 0 saturated carbocycles. The zero-order chi connectivity index (χ0) is 7.78. The Morgan fingerprint density at radius 3 is 2.50 bits per heavy atom. The highest BCUT2D eigenvalue weighted by Crippen LogP contribution is 1.93. The monoisotopic (exact) mass is 162 g/mol. The molecule has 0 radical (unpaired) electrons. The van der Waals surface area contributed by atoms with Crippen molar-refractivity contribution in [1.82, 2.24) is 14.8 Å². The zero-order valence-corrected chi connectivity index (χ0v) is 6.04. The highest BCUT2D eigenvalue weighted by molar-refractivity contribution is 7.89. The number of aromatic nitrogens is 3. The van der Waals surface area contributed by atoms with Crippen LogP contribution in [0.4, 0.5) is 0 Å². The van der Waals surface area contributed by atoms with Crippen molar-refractivity contribution in [1.29, 1.82) is 0 Å². The lowest BCUT2D eigenvalue weighted by Gasteiger charge is -1.85. The molecular formula is C3H6N4O2S. The number of nitrogens with two attached hydrogens (primary N) is 1. The van der Waals surface area contributed by atoms with Gasteiger partial charge in [-0.2, -0.15) is 0 Å². The van der Waals surface area contributed by atoms with Crippen molar-refractivity contribution in [2.45, 2.75) is 5.16 Å². The Bertz CT molecular complexity index is 326. The number of aryl methyl sites for hydroxylation is 1. The summed E-state index contributed by atoms with van der Waals surface area (Å²) in [6.07, 6.45) is 1.26. The number of rotatable bonds is 1. The van der Waals surface area contributed by atoms with E-state index < -0.39 is 10.0 Å². The Labute approximate surface area is 57.7 Å². The maximum absolute atomic E-state index is 10.5. The van der Waals surface area contributed by atoms with Crippen LogP contribution in [0.5, 0.6) is 0 Å². The highest BCUT2D eigenvalue weighted by Gasteiger charge is 2.11. The molecule has 2 N–H and O–H groups in total. The number of primary sulfonamides is 1. The molecule has 0 aliphatic carbocycles. The standard InChI is InChI=1S/C3H6N4O2S/c1-7-2-5-3(6-7)10(4,8)9/h2H,1H3,(H2,4,8,9). The van der Waals surface area contributed by atoms with Crippen LogP contribution < -0.4 is 5.14 Å². The minimum atomic E-state index is -3.73. The summed E-state index contributed by atoms with van der Waals surface area (Å²) < 4.78 is 22.2. The third-order valence-corrected chi connectivity index (χ3v) is 1.53. The summed E-state index contributed by atoms with van der Waals surface area (Å²) in [5, 5.41) is 7.83. The van der Waals surface area contributed by atoms with E-state index in [0.717, 1.165) is 0 Å². The molecule has 0 fully saturated rings. The van der Waals surface area contributed by atoms with Crippen molar-refractivity contribution in [2.24, 2.45) is 12.2 Å². The number of sulfonamides is 1. The van der Waals surface area contributed by atoms with Gasteiger partial charge in [0.2, 0.25) is 0 Å². The van der Waals surface area contributed by atoms with Crippen LogP contribution in [-0.2, 0) is 17.1 Å². The van der Waals surface area contributed by atoms with E-state index in [1.54, 1.807) is 7.05 Å². The van der Waals surface area contributed by atoms with Crippen LogP contribution in [0.25, 0.3) is 0 Å². The molecule has 7 heteroatoms. The second kappa shape index (κ2) is 2.03. The van der Waals surface area contributed by atoms with E-state index in [4.69, 9.17) is 5.14 Å². The molecule has 0 unspecified atom stereocenters. The van der Waals surface area contributed by atoms with Crippen LogP contribution in [0.1, 0.15) is 0 Å². The smallest absolute Gasteiger partial charge is 0.255 e. The SMILES string of the molecule is Cn1cnc(S(N)(=O)=O)n1. The highest BCUT2D eigenvalue weighted by atomic mass is 32.2. The average molecular weight is 162 g/mol. The first kappa shape index (κ1) is 7.16. The molecule has 0 amide bonds. The number of hydrogen-bond acceptors (Lipinski definition) is 4. The van der Waals surface area contributed by atoms with E-state index in [0.29, 0.717) is 0 Å². The third-order valence-electron chi connectivity index (χ3n) is 0.833. The second-order valence-corrected chi connectivity index (χ2v) is 3.20. The van der Waals surface area contributed by atoms with Crippen LogP contribution in [0.15, 0.2) is 11.5 Å². The topological polar surface area (TPSA) is 90.9 Å². The largest absolute Gasteiger partial charge is 0.281 e. The van der Waals surface area contributed by atoms with Crippen molar-refractivity contribution in [2.75, 3.05) is 0 Å². The van der Waals surface area contributed by atoms with Gasteiger partial charge in [0.05, 0.1) is 0 Å². The van der Waals surface area contributed by atoms with Gasteiger partial charge in [-0.3, -0.25) is 4.68 Å². The number of hydrogen-bond donors (Lipinski definition) is 1. The van der Waals surface area contributed by atoms with Gasteiger partial charge in [-0.05, 0) is 0 Å². The van der Waals surface area contributed by atoms with Gasteiger partial charge < -0.3 is 0 Å². The van der Waals surface area contributed by atoms with Gasteiger partial charge in [-0.1, -0.05) is 0 Å². The van der Waals surface area contributed by atoms with Crippen molar-refractivity contribution in [3.63, 3.8) is 0 Å². The molecule has 1 rings (SSSR count). The summed E-state index contributed by atoms with van der Waals surface area (Å²) in [5.74, 6) is 0. The molecule has 0 spiro atoms. The maximum atomic E-state index is 10.5. The summed E-state index contributed by atoms with van der Waals surface area (Å²) in [6, 6.07) is 0. The summed E-state index contributed by atoms with van der Waals surface area (Å²) in [4.78, 5) is 3.43. The Kier molecular flexibility index (Phi) is 1.45. The van der Waals surface area contributed by atoms with E-state index in [2.05, 4.69) is 10.1 Å². The van der Waals surface area contributed by atoms with Crippen LogP contribution in [-0.4, -0.2) is 23.2 Å². The normalized spacial score (nSPS) is 11.8. The fourth-order valence-corrected chi connectivity index (χ4v) is 0.887. The fraction of sp³-hybridized carbons (Fsp3) is 0.333. The molecular weight excluding hydrogens is 156 g/mol. The quantitative estimate of drug-likeness (QED) is 0.542. The van der Waals surface area contributed by atoms with E-state index in [1.807, 2.05) is 0 Å². The van der Waals surface area contributed by atoms with Crippen LogP contribution in [0, 0.1) is 0 Å². The molecule has 0 aliphatic rings. The molecule has 1 aromatic rings. The first-order valence-electron chi connectivity index (χ1n) is 2.38. The van der Waals surface area contributed by atoms with Crippen molar-refractivity contribution in [3.8, 4) is 0 Å². The van der Waals surface area contributed by atoms with Gasteiger partial charge in [-0.15, -0.1) is 5.10 Å². The fourth-order valence-electron chi connectivity index (χ4n) is 0.450. The summed E-state index contributed by atoms with van der Waals surface area (Å²) in [7, 11) is -2.17. The molecule has 0 bridgehead atoms. The van der Waals surface area contributed by atoms with Gasteiger partial charge in [0, 0.05) is 7.05 Å². The third kappa shape index (κ3) is 1.31. The van der Waals surface area contributed by atoms with Crippen LogP contribution >= 0.6 is 0 Å². The first-order valence-corrected chi connectivity index (χ1v) is 3.93. The molecule has 1 heterocycles. The first-order chi connectivity index (χ1) is 4.50. The number of nitrogens with zero attached hydrogens (tertiary/aromatic N) is 3. The summed E-state index contributed by atoms with van der Waals surface area (Å²) >= 11 is 0. The van der Waals surface area contributed by atoms with Gasteiger partial charge in [0.1, 0.15) is 6.33 Å². The molecule has 6 nitrogen and oxygen atoms in total. The second-order valence-electron chi connectivity index (χ2n) is 1.75. The average Bonchev–Trinajstić information content (AvgIpc) is 2.11. The predicted molar refractivity (Wildman–Crippen MR) is 32.4 cm³/mol. The van der Waals surface area contributed by atoms with Crippen molar-refractivity contribution in [3.05, 3.63) is 6.33 Å². The summed E-state index contributed by atoms with van der Waals surface area (Å²) in [5.41, 5.74) is 0. The van der Waals surface area contributed by atoms with Gasteiger partial charge >= 0.3 is 0 Å². The zero-order valence-electron chi connectivity index (χ0n) is 5.22. The summed E-state index contributed by atoms with van der Waals surface area (Å²) in [6.45, 7) is 0. The Morgan fingerprint density at radius 2 is 2.30 bits per heavy atom. The lowest BCUT2D eigenvalue weighted by Crippen LogP contribution is -2.14. The molecule has 0 aliphatic heterocycles. The predicted octanol–water partition coefficient (Wildman–Crippen LogP) is -1.54. The molecule has 0 saturated heterocycles. The van der Waals surface area contributed by atoms with Crippen LogP contribution in [0.2, 0.25) is 0 Å². The van der Waals surface area contributed by atoms with Gasteiger partial charge in [-0.25, -0.2) is 18.5 Å². The molecule has 1 aromatic heterocycles. The molecule has 0 atom stereocenters. The van der Waals surface area contributed by atoms with Gasteiger partial charge in [0.25, 0.3) is 15.2 Å². The van der Waals surface area contributed by atoms with Crippen LogP contribution in [0.3, 0.4) is 0 Å². The van der Waals surface area contributed by atoms with E-state index in [1.165, 1.54) is 11.0 Å². The molecule has 0 aromatic carbocycles. The lowest BCUT2D eigenvalue weighted by molar-refractivity contribution is 0.586. The lowest BCUT2D eigenvalue weighted by atomic mass is 11.2. The minimum absolute atomic E-state index is 0.352. The Balaban J connectivity index is 3.21. The maximum Gasteiger partial charge on any atom is 0.281 e. The van der Waals surface area contributed by atoms with E-state index in [9.17, 15) is 8.42 Å². The van der Waals surface area contributed by atoms with E-state index in [-0.39, 0.29) is 5.16 Å². The Morgan fingerprint density at radius 1 is 1.70 bits per heavy atom. The minimum Gasteiger partial charge on any atom is -0.255 e. The van der Waals surface area contributed by atoms with E-state index >= 15 is 0 Å².